The van der Waals surface area contributed by atoms with Gasteiger partial charge in [-0.3, -0.25) is 72.5 Å². The van der Waals surface area contributed by atoms with Crippen LogP contribution in [0.25, 0.3) is 0 Å². The lowest BCUT2D eigenvalue weighted by atomic mass is 9.96. The Morgan fingerprint density at radius 3 is 1.20 bits per heavy atom. The first-order valence-electron chi connectivity index (χ1n) is 30.2. The largest absolute Gasteiger partial charge is 0.481 e. The summed E-state index contributed by atoms with van der Waals surface area (Å²) in [7, 11) is 0. The summed E-state index contributed by atoms with van der Waals surface area (Å²) in [5.74, 6) is -20.8. The number of rotatable bonds is 44. The number of aliphatic hydroxyl groups is 5. The van der Waals surface area contributed by atoms with Gasteiger partial charge in [0.05, 0.1) is 44.0 Å². The molecule has 17 atom stereocenters. The molecule has 0 aromatic rings. The molecule has 0 aliphatic heterocycles. The van der Waals surface area contributed by atoms with Crippen LogP contribution in [0.2, 0.25) is 0 Å². The molecule has 0 aromatic carbocycles. The molecule has 40 heteroatoms. The van der Waals surface area contributed by atoms with Gasteiger partial charge >= 0.3 is 11.9 Å². The molecule has 0 saturated heterocycles. The van der Waals surface area contributed by atoms with Crippen LogP contribution < -0.4 is 86.3 Å². The summed E-state index contributed by atoms with van der Waals surface area (Å²) in [4.78, 5) is 197. The van der Waals surface area contributed by atoms with Crippen LogP contribution in [0, 0.1) is 23.2 Å². The molecule has 0 radical (unpaired) electrons. The van der Waals surface area contributed by atoms with Crippen molar-refractivity contribution in [1.82, 2.24) is 69.1 Å². The topological polar surface area (TPSA) is 656 Å². The predicted molar refractivity (Wildman–Crippen MR) is 336 cm³/mol. The third kappa shape index (κ3) is 31.0. The monoisotopic (exact) mass is 1380 g/mol. The standard InChI is InChI=1S/C55H97N17O22S/c1-11-23(6)38(49(88)72-40(25(8)75)51(90)65-32(20-95)46(85)63-29(13-12-16-60-55(58)59)44(83)69-39(24(7)74)50(89)64-31(54(93)94)17-33(57)78)68-53(92)42(27(10)77)71-48(87)37(22(4)5)67-52(91)41(26(9)76)70-45(84)30(14-15-35(80)81)62-34(79)18-61-47(86)36(21(2)3)66-43(82)28(56)19-73/h21-32,36-42,73-77,95H,11-20,56H2,1-10H3,(H2,57,78)(H,61,86)(H,62,79)(H,63,85)(H,64,89)(H,65,90)(H,66,82)(H,67,91)(H,68,92)(H,69,83)(H,70,84)(H,71,87)(H,72,88)(H,80,81)(H,93,94)(H4,58,59,60)/t23-,24+,25+,26+,27+,28-,29-,30-,31-,32-,36-,37-,38-,39-,40-,41-,42-/m0/s1. The highest BCUT2D eigenvalue weighted by atomic mass is 32.1. The Morgan fingerprint density at radius 1 is 0.453 bits per heavy atom. The molecule has 540 valence electrons. The van der Waals surface area contributed by atoms with Crippen LogP contribution in [0.15, 0.2) is 0 Å². The van der Waals surface area contributed by atoms with Gasteiger partial charge in [0.1, 0.15) is 72.5 Å². The number of carboxylic acid groups (broad SMARTS) is 2. The van der Waals surface area contributed by atoms with Crippen molar-refractivity contribution in [3.05, 3.63) is 0 Å². The molecule has 0 heterocycles. The molecular weight excluding hydrogens is 1280 g/mol. The average Bonchev–Trinajstić information content (AvgIpc) is 0.868. The number of aliphatic hydroxyl groups excluding tert-OH is 5. The second kappa shape index (κ2) is 42.7. The Morgan fingerprint density at radius 2 is 0.811 bits per heavy atom. The van der Waals surface area contributed by atoms with Crippen LogP contribution in [-0.4, -0.2) is 253 Å². The Bertz CT molecular complexity index is 2690. The van der Waals surface area contributed by atoms with Gasteiger partial charge in [-0.2, -0.15) is 12.6 Å². The normalized spacial score (nSPS) is 16.6. The first-order valence-corrected chi connectivity index (χ1v) is 30.8. The zero-order chi connectivity index (χ0) is 73.5. The molecule has 0 aliphatic rings. The summed E-state index contributed by atoms with van der Waals surface area (Å²) in [6.07, 6.45) is -9.26. The number of guanidine groups is 1. The van der Waals surface area contributed by atoms with Gasteiger partial charge < -0.3 is 122 Å². The average molecular weight is 1380 g/mol. The van der Waals surface area contributed by atoms with E-state index in [2.05, 4.69) is 76.4 Å². The Balaban J connectivity index is 6.61. The maximum Gasteiger partial charge on any atom is 0.326 e. The van der Waals surface area contributed by atoms with Crippen LogP contribution in [-0.2, 0) is 71.9 Å². The summed E-state index contributed by atoms with van der Waals surface area (Å²) in [5.41, 5.74) is 15.9. The minimum atomic E-state index is -1.93. The van der Waals surface area contributed by atoms with E-state index in [-0.39, 0.29) is 25.8 Å². The van der Waals surface area contributed by atoms with Crippen molar-refractivity contribution in [1.29, 1.82) is 5.41 Å². The van der Waals surface area contributed by atoms with E-state index in [4.69, 9.17) is 22.6 Å². The molecular formula is C55H97N17O22S. The van der Waals surface area contributed by atoms with Gasteiger partial charge in [0.25, 0.3) is 0 Å². The molecule has 0 unspecified atom stereocenters. The van der Waals surface area contributed by atoms with Crippen LogP contribution >= 0.6 is 12.6 Å². The van der Waals surface area contributed by atoms with Crippen LogP contribution in [0.1, 0.15) is 108 Å². The fourth-order valence-electron chi connectivity index (χ4n) is 8.46. The predicted octanol–water partition coefficient (Wildman–Crippen LogP) is -10.3. The summed E-state index contributed by atoms with van der Waals surface area (Å²) in [5, 5.41) is 108. The molecule has 27 N–H and O–H groups in total. The second-order valence-corrected chi connectivity index (χ2v) is 23.5. The molecule has 0 fully saturated rings. The number of nitrogens with two attached hydrogens (primary N) is 3. The molecule has 13 amide bonds. The van der Waals surface area contributed by atoms with Crippen molar-refractivity contribution in [3.8, 4) is 0 Å². The smallest absolute Gasteiger partial charge is 0.326 e. The van der Waals surface area contributed by atoms with E-state index in [9.17, 15) is 108 Å². The number of aliphatic carboxylic acids is 2. The van der Waals surface area contributed by atoms with Crippen molar-refractivity contribution in [3.63, 3.8) is 0 Å². The van der Waals surface area contributed by atoms with E-state index < -0.39 is 248 Å². The molecule has 0 aliphatic carbocycles. The molecule has 0 spiro atoms. The summed E-state index contributed by atoms with van der Waals surface area (Å²) in [6.45, 7) is 11.8. The number of amides is 13. The molecule has 95 heavy (non-hydrogen) atoms. The van der Waals surface area contributed by atoms with E-state index in [0.29, 0.717) is 0 Å². The minimum Gasteiger partial charge on any atom is -0.481 e. The molecule has 0 rings (SSSR count). The first-order chi connectivity index (χ1) is 44.1. The number of hydrogen-bond donors (Lipinski definition) is 25. The van der Waals surface area contributed by atoms with Gasteiger partial charge in [0.15, 0.2) is 5.96 Å². The zero-order valence-corrected chi connectivity index (χ0v) is 55.4. The zero-order valence-electron chi connectivity index (χ0n) is 54.5. The van der Waals surface area contributed by atoms with Gasteiger partial charge in [0, 0.05) is 18.7 Å². The highest BCUT2D eigenvalue weighted by molar-refractivity contribution is 7.80. The lowest BCUT2D eigenvalue weighted by Gasteiger charge is -2.31. The maximum absolute atomic E-state index is 14.1. The van der Waals surface area contributed by atoms with Crippen molar-refractivity contribution in [2.24, 2.45) is 35.0 Å². The number of carbonyl (C=O) groups is 15. The fraction of sp³-hybridized carbons (Fsp3) is 0.709. The molecule has 0 saturated carbocycles. The van der Waals surface area contributed by atoms with Gasteiger partial charge in [0.2, 0.25) is 76.8 Å². The number of carboxylic acids is 2. The van der Waals surface area contributed by atoms with Gasteiger partial charge in [-0.15, -0.1) is 0 Å². The van der Waals surface area contributed by atoms with Crippen molar-refractivity contribution in [2.45, 2.75) is 205 Å². The number of thiol groups is 1. The summed E-state index contributed by atoms with van der Waals surface area (Å²) in [6, 6.07) is -20.4. The third-order valence-corrected chi connectivity index (χ3v) is 14.6. The van der Waals surface area contributed by atoms with Crippen molar-refractivity contribution < 1.29 is 108 Å². The second-order valence-electron chi connectivity index (χ2n) is 23.2. The Kier molecular flexibility index (Phi) is 38.8. The van der Waals surface area contributed by atoms with E-state index in [1.165, 1.54) is 20.8 Å². The molecule has 0 aromatic heterocycles. The number of nitrogens with one attached hydrogen (secondary N) is 14. The Labute approximate surface area is 552 Å². The van der Waals surface area contributed by atoms with E-state index in [1.54, 1.807) is 20.8 Å². The van der Waals surface area contributed by atoms with Gasteiger partial charge in [-0.05, 0) is 64.7 Å². The quantitative estimate of drug-likeness (QED) is 0.0117. The minimum absolute atomic E-state index is 0.00125. The van der Waals surface area contributed by atoms with Crippen molar-refractivity contribution >= 4 is 107 Å². The maximum atomic E-state index is 14.1. The third-order valence-electron chi connectivity index (χ3n) is 14.2. The van der Waals surface area contributed by atoms with Gasteiger partial charge in [-0.25, -0.2) is 4.79 Å². The number of carbonyl (C=O) groups excluding carboxylic acids is 13. The van der Waals surface area contributed by atoms with Crippen LogP contribution in [0.5, 0.6) is 0 Å². The van der Waals surface area contributed by atoms with Gasteiger partial charge in [-0.1, -0.05) is 48.0 Å². The van der Waals surface area contributed by atoms with E-state index in [0.717, 1.165) is 27.7 Å². The lowest BCUT2D eigenvalue weighted by molar-refractivity contribution is -0.144. The molecule has 39 nitrogen and oxygen atoms in total. The summed E-state index contributed by atoms with van der Waals surface area (Å²) < 4.78 is 0. The first kappa shape index (κ1) is 86.4. The van der Waals surface area contributed by atoms with E-state index in [1.807, 2.05) is 5.32 Å². The van der Waals surface area contributed by atoms with Crippen LogP contribution in [0.3, 0.4) is 0 Å². The van der Waals surface area contributed by atoms with E-state index >= 15 is 0 Å². The highest BCUT2D eigenvalue weighted by Crippen LogP contribution is 2.13. The SMILES string of the molecule is CC[C@H](C)[C@H](NC(=O)[C@@H](NC(=O)[C@@H](NC(=O)[C@@H](NC(=O)[C@H](CCC(=O)O)NC(=O)CNC(=O)[C@@H](NC(=O)[C@@H](N)CO)C(C)C)[C@@H](C)O)C(C)C)[C@@H](C)O)C(=O)N[C@H](C(=O)N[C@@H](CS)C(=O)N[C@@H](CCCNC(=N)N)C(=O)N[C@H](C(=O)N[C@@H](CC(N)=O)C(=O)O)[C@@H](C)O)[C@@H](C)O. The highest BCUT2D eigenvalue weighted by Gasteiger charge is 2.40. The number of hydrogen-bond acceptors (Lipinski definition) is 23. The summed E-state index contributed by atoms with van der Waals surface area (Å²) >= 11 is 4.14. The van der Waals surface area contributed by atoms with Crippen LogP contribution in [0.4, 0.5) is 0 Å². The number of primary amides is 1. The fourth-order valence-corrected chi connectivity index (χ4v) is 8.72. The Hall–Kier alpha value is -8.57. The molecule has 0 bridgehead atoms. The lowest BCUT2D eigenvalue weighted by Crippen LogP contribution is -2.64. The van der Waals surface area contributed by atoms with Crippen molar-refractivity contribution in [2.75, 3.05) is 25.4 Å².